The van der Waals surface area contributed by atoms with Gasteiger partial charge in [0.05, 0.1) is 28.4 Å². The summed E-state index contributed by atoms with van der Waals surface area (Å²) in [6.07, 6.45) is 1.17. The topological polar surface area (TPSA) is 72.5 Å². The van der Waals surface area contributed by atoms with Crippen molar-refractivity contribution in [1.29, 1.82) is 0 Å². The SMILES string of the molecule is C=CCc1cc(OC)c(O[C@H](C)[C@H](OC(C)=O)c2ccc(OC)c(OC)c2)c(OC)c1. The zero-order valence-corrected chi connectivity index (χ0v) is 18.9. The lowest BCUT2D eigenvalue weighted by Crippen LogP contribution is -2.26. The van der Waals surface area contributed by atoms with Gasteiger partial charge in [-0.25, -0.2) is 0 Å². The van der Waals surface area contributed by atoms with Crippen molar-refractivity contribution < 1.29 is 33.2 Å². The van der Waals surface area contributed by atoms with Crippen molar-refractivity contribution in [2.24, 2.45) is 0 Å². The summed E-state index contributed by atoms with van der Waals surface area (Å²) in [5.74, 6) is 2.10. The summed E-state index contributed by atoms with van der Waals surface area (Å²) < 4.78 is 33.5. The highest BCUT2D eigenvalue weighted by Gasteiger charge is 2.28. The first-order valence-electron chi connectivity index (χ1n) is 9.80. The van der Waals surface area contributed by atoms with Gasteiger partial charge in [-0.2, -0.15) is 0 Å². The second-order valence-electron chi connectivity index (χ2n) is 6.79. The van der Waals surface area contributed by atoms with E-state index < -0.39 is 18.2 Å². The van der Waals surface area contributed by atoms with Crippen LogP contribution in [0.2, 0.25) is 0 Å². The molecule has 7 nitrogen and oxygen atoms in total. The minimum absolute atomic E-state index is 0.419. The van der Waals surface area contributed by atoms with Crippen molar-refractivity contribution >= 4 is 5.97 Å². The van der Waals surface area contributed by atoms with Crippen molar-refractivity contribution in [3.63, 3.8) is 0 Å². The normalized spacial score (nSPS) is 12.3. The Morgan fingerprint density at radius 3 is 2.00 bits per heavy atom. The highest BCUT2D eigenvalue weighted by Crippen LogP contribution is 2.41. The largest absolute Gasteiger partial charge is 0.493 e. The Balaban J connectivity index is 2.44. The van der Waals surface area contributed by atoms with Gasteiger partial charge in [0.15, 0.2) is 29.1 Å². The molecule has 0 aliphatic heterocycles. The molecule has 0 aliphatic rings. The van der Waals surface area contributed by atoms with Crippen LogP contribution in [0.25, 0.3) is 0 Å². The maximum atomic E-state index is 11.8. The summed E-state index contributed by atoms with van der Waals surface area (Å²) in [6.45, 7) is 6.93. The van der Waals surface area contributed by atoms with Crippen LogP contribution in [-0.2, 0) is 16.0 Å². The minimum Gasteiger partial charge on any atom is -0.493 e. The Morgan fingerprint density at radius 2 is 1.52 bits per heavy atom. The van der Waals surface area contributed by atoms with Crippen molar-refractivity contribution in [2.45, 2.75) is 32.5 Å². The molecule has 31 heavy (non-hydrogen) atoms. The number of carbonyl (C=O) groups excluding carboxylic acids is 1. The van der Waals surface area contributed by atoms with Gasteiger partial charge >= 0.3 is 5.97 Å². The highest BCUT2D eigenvalue weighted by molar-refractivity contribution is 5.66. The lowest BCUT2D eigenvalue weighted by atomic mass is 10.0. The predicted octanol–water partition coefficient (Wildman–Crippen LogP) is 4.52. The molecule has 0 saturated carbocycles. The summed E-state index contributed by atoms with van der Waals surface area (Å²) in [5, 5.41) is 0. The zero-order chi connectivity index (χ0) is 23.0. The third-order valence-corrected chi connectivity index (χ3v) is 4.66. The number of hydrogen-bond donors (Lipinski definition) is 0. The van der Waals surface area contributed by atoms with Crippen molar-refractivity contribution in [3.8, 4) is 28.7 Å². The van der Waals surface area contributed by atoms with E-state index in [9.17, 15) is 4.79 Å². The number of carbonyl (C=O) groups is 1. The molecule has 0 fully saturated rings. The van der Waals surface area contributed by atoms with E-state index in [4.69, 9.17) is 28.4 Å². The number of esters is 1. The van der Waals surface area contributed by atoms with Crippen molar-refractivity contribution in [1.82, 2.24) is 0 Å². The molecule has 0 unspecified atom stereocenters. The Labute approximate surface area is 183 Å². The quantitative estimate of drug-likeness (QED) is 0.383. The van der Waals surface area contributed by atoms with E-state index in [0.29, 0.717) is 40.7 Å². The number of methoxy groups -OCH3 is 4. The molecule has 0 amide bonds. The van der Waals surface area contributed by atoms with Crippen LogP contribution in [-0.4, -0.2) is 40.5 Å². The average molecular weight is 430 g/mol. The first-order valence-corrected chi connectivity index (χ1v) is 9.80. The van der Waals surface area contributed by atoms with Gasteiger partial charge in [0.1, 0.15) is 6.10 Å². The van der Waals surface area contributed by atoms with Crippen LogP contribution in [0.15, 0.2) is 43.0 Å². The molecule has 0 aromatic heterocycles. The van der Waals surface area contributed by atoms with Gasteiger partial charge in [-0.15, -0.1) is 6.58 Å². The van der Waals surface area contributed by atoms with Crippen molar-refractivity contribution in [3.05, 3.63) is 54.1 Å². The van der Waals surface area contributed by atoms with E-state index in [0.717, 1.165) is 5.56 Å². The summed E-state index contributed by atoms with van der Waals surface area (Å²) in [7, 11) is 6.22. The van der Waals surface area contributed by atoms with E-state index >= 15 is 0 Å². The number of hydrogen-bond acceptors (Lipinski definition) is 7. The van der Waals surface area contributed by atoms with Gasteiger partial charge < -0.3 is 28.4 Å². The predicted molar refractivity (Wildman–Crippen MR) is 118 cm³/mol. The molecular formula is C24H30O7. The monoisotopic (exact) mass is 430 g/mol. The standard InChI is InChI=1S/C24H30O7/c1-8-9-17-12-21(28-6)24(22(13-17)29-7)30-15(2)23(31-16(3)25)18-10-11-19(26-4)20(14-18)27-5/h8,10-15,23H,1,9H2,2-7H3/t15-,23+/m1/s1. The molecular weight excluding hydrogens is 400 g/mol. The summed E-state index contributed by atoms with van der Waals surface area (Å²) in [5.41, 5.74) is 1.67. The minimum atomic E-state index is -0.709. The van der Waals surface area contributed by atoms with E-state index in [1.54, 1.807) is 59.6 Å². The van der Waals surface area contributed by atoms with Gasteiger partial charge in [-0.3, -0.25) is 4.79 Å². The molecule has 0 heterocycles. The van der Waals surface area contributed by atoms with Gasteiger partial charge in [-0.1, -0.05) is 12.1 Å². The maximum Gasteiger partial charge on any atom is 0.303 e. The molecule has 2 rings (SSSR count). The van der Waals surface area contributed by atoms with Crippen LogP contribution >= 0.6 is 0 Å². The Bertz CT molecular complexity index is 882. The van der Waals surface area contributed by atoms with Crippen molar-refractivity contribution in [2.75, 3.05) is 28.4 Å². The molecule has 168 valence electrons. The lowest BCUT2D eigenvalue weighted by molar-refractivity contribution is -0.151. The van der Waals surface area contributed by atoms with Gasteiger partial charge in [0, 0.05) is 12.5 Å². The molecule has 0 bridgehead atoms. The maximum absolute atomic E-state index is 11.8. The summed E-state index contributed by atoms with van der Waals surface area (Å²) >= 11 is 0. The zero-order valence-electron chi connectivity index (χ0n) is 18.9. The Kier molecular flexibility index (Phi) is 8.61. The van der Waals surface area contributed by atoms with Crippen LogP contribution in [0.3, 0.4) is 0 Å². The molecule has 2 aromatic carbocycles. The number of allylic oxidation sites excluding steroid dienone is 1. The van der Waals surface area contributed by atoms with Crippen LogP contribution in [0.4, 0.5) is 0 Å². The number of ether oxygens (including phenoxy) is 6. The van der Waals surface area contributed by atoms with E-state index in [-0.39, 0.29) is 0 Å². The smallest absolute Gasteiger partial charge is 0.303 e. The Hall–Kier alpha value is -3.35. The van der Waals surface area contributed by atoms with Crippen LogP contribution in [0.1, 0.15) is 31.1 Å². The van der Waals surface area contributed by atoms with Crippen LogP contribution in [0.5, 0.6) is 28.7 Å². The third-order valence-electron chi connectivity index (χ3n) is 4.66. The lowest BCUT2D eigenvalue weighted by Gasteiger charge is -2.27. The molecule has 0 saturated heterocycles. The fraction of sp³-hybridized carbons (Fsp3) is 0.375. The van der Waals surface area contributed by atoms with Crippen LogP contribution in [0, 0.1) is 0 Å². The fourth-order valence-corrected chi connectivity index (χ4v) is 3.23. The van der Waals surface area contributed by atoms with E-state index in [2.05, 4.69) is 6.58 Å². The molecule has 0 N–H and O–H groups in total. The third kappa shape index (κ3) is 5.84. The van der Waals surface area contributed by atoms with Crippen LogP contribution < -0.4 is 23.7 Å². The molecule has 0 spiro atoms. The molecule has 2 aromatic rings. The van der Waals surface area contributed by atoms with E-state index in [1.165, 1.54) is 6.92 Å². The summed E-state index contributed by atoms with van der Waals surface area (Å²) in [4.78, 5) is 11.8. The first-order chi connectivity index (χ1) is 14.9. The second-order valence-corrected chi connectivity index (χ2v) is 6.79. The highest BCUT2D eigenvalue weighted by atomic mass is 16.6. The summed E-state index contributed by atoms with van der Waals surface area (Å²) in [6, 6.07) is 9.04. The van der Waals surface area contributed by atoms with Gasteiger partial charge in [0.25, 0.3) is 0 Å². The van der Waals surface area contributed by atoms with Gasteiger partial charge in [0.2, 0.25) is 5.75 Å². The molecule has 0 aliphatic carbocycles. The average Bonchev–Trinajstić information content (AvgIpc) is 2.77. The number of benzene rings is 2. The number of rotatable bonds is 11. The Morgan fingerprint density at radius 1 is 0.935 bits per heavy atom. The second kappa shape index (κ2) is 11.2. The van der Waals surface area contributed by atoms with E-state index in [1.807, 2.05) is 12.1 Å². The fourth-order valence-electron chi connectivity index (χ4n) is 3.23. The molecule has 2 atom stereocenters. The molecule has 7 heteroatoms. The first kappa shape index (κ1) is 23.9. The molecule has 0 radical (unpaired) electrons. The van der Waals surface area contributed by atoms with Gasteiger partial charge in [-0.05, 0) is 43.2 Å².